The summed E-state index contributed by atoms with van der Waals surface area (Å²) in [5.74, 6) is -0.0346. The molecule has 0 saturated carbocycles. The minimum atomic E-state index is -0.103. The lowest BCUT2D eigenvalue weighted by Crippen LogP contribution is -2.51. The summed E-state index contributed by atoms with van der Waals surface area (Å²) in [6.07, 6.45) is 0. The van der Waals surface area contributed by atoms with Crippen LogP contribution in [0.15, 0.2) is 54.6 Å². The molecule has 6 nitrogen and oxygen atoms in total. The van der Waals surface area contributed by atoms with Crippen molar-refractivity contribution in [3.8, 4) is 0 Å². The van der Waals surface area contributed by atoms with Crippen molar-refractivity contribution in [2.75, 3.05) is 49.9 Å². The van der Waals surface area contributed by atoms with Crippen LogP contribution in [0.25, 0.3) is 0 Å². The normalized spacial score (nSPS) is 13.6. The van der Waals surface area contributed by atoms with E-state index in [-0.39, 0.29) is 49.7 Å². The Bertz CT molecular complexity index is 784. The Hall–Kier alpha value is -1.99. The molecule has 0 spiro atoms. The average Bonchev–Trinajstić information content (AvgIpc) is 2.69. The molecule has 1 fully saturated rings. The number of hydrogen-bond acceptors (Lipinski definition) is 4. The predicted molar refractivity (Wildman–Crippen MR) is 123 cm³/mol. The molecule has 2 aromatic rings. The van der Waals surface area contributed by atoms with E-state index in [0.717, 1.165) is 5.69 Å². The van der Waals surface area contributed by atoms with Crippen LogP contribution in [0.3, 0.4) is 0 Å². The molecule has 0 atom stereocenters. The van der Waals surface area contributed by atoms with E-state index in [1.54, 1.807) is 12.1 Å². The van der Waals surface area contributed by atoms with Crippen LogP contribution in [0, 0.1) is 0 Å². The van der Waals surface area contributed by atoms with Gasteiger partial charge in [0.2, 0.25) is 11.8 Å². The van der Waals surface area contributed by atoms with Crippen LogP contribution in [0.2, 0.25) is 5.02 Å². The second-order valence-electron chi connectivity index (χ2n) is 6.40. The first kappa shape index (κ1) is 25.0. The van der Waals surface area contributed by atoms with Crippen LogP contribution >= 0.6 is 36.4 Å². The Kier molecular flexibility index (Phi) is 10.8. The largest absolute Gasteiger partial charge is 0.376 e. The van der Waals surface area contributed by atoms with Gasteiger partial charge in [0.15, 0.2) is 0 Å². The quantitative estimate of drug-likeness (QED) is 0.695. The van der Waals surface area contributed by atoms with Gasteiger partial charge in [-0.25, -0.2) is 0 Å². The molecule has 2 N–H and O–H groups in total. The first-order valence-electron chi connectivity index (χ1n) is 8.95. The van der Waals surface area contributed by atoms with Crippen LogP contribution in [-0.4, -0.2) is 60.9 Å². The Morgan fingerprint density at radius 3 is 2.17 bits per heavy atom. The third kappa shape index (κ3) is 7.74. The second-order valence-corrected chi connectivity index (χ2v) is 6.81. The number of halogens is 3. The number of rotatable bonds is 6. The summed E-state index contributed by atoms with van der Waals surface area (Å²) >= 11 is 6.06. The van der Waals surface area contributed by atoms with Gasteiger partial charge in [0.1, 0.15) is 0 Å². The summed E-state index contributed by atoms with van der Waals surface area (Å²) in [5, 5.41) is 6.48. The summed E-state index contributed by atoms with van der Waals surface area (Å²) in [7, 11) is 0. The molecule has 1 aliphatic rings. The third-order valence-corrected chi connectivity index (χ3v) is 4.79. The molecule has 0 bridgehead atoms. The first-order valence-corrected chi connectivity index (χ1v) is 9.33. The van der Waals surface area contributed by atoms with Gasteiger partial charge in [0.05, 0.1) is 23.8 Å². The Balaban J connectivity index is 0.00000210. The number of hydrogen-bond donors (Lipinski definition) is 2. The van der Waals surface area contributed by atoms with E-state index in [9.17, 15) is 9.59 Å². The molecule has 0 unspecified atom stereocenters. The zero-order chi connectivity index (χ0) is 19.1. The topological polar surface area (TPSA) is 64.7 Å². The Morgan fingerprint density at radius 1 is 0.897 bits per heavy atom. The van der Waals surface area contributed by atoms with E-state index in [4.69, 9.17) is 11.6 Å². The number of anilines is 2. The lowest BCUT2D eigenvalue weighted by atomic mass is 10.2. The third-order valence-electron chi connectivity index (χ3n) is 4.46. The van der Waals surface area contributed by atoms with Gasteiger partial charge < -0.3 is 15.5 Å². The lowest BCUT2D eigenvalue weighted by molar-refractivity contribution is -0.131. The fourth-order valence-electron chi connectivity index (χ4n) is 2.96. The molecule has 1 heterocycles. The number of carbonyl (C=O) groups excluding carboxylic acids is 2. The van der Waals surface area contributed by atoms with Crippen molar-refractivity contribution in [1.29, 1.82) is 0 Å². The van der Waals surface area contributed by atoms with Crippen LogP contribution in [-0.2, 0) is 9.59 Å². The highest BCUT2D eigenvalue weighted by Gasteiger charge is 2.22. The second kappa shape index (κ2) is 12.5. The zero-order valence-corrected chi connectivity index (χ0v) is 18.2. The highest BCUT2D eigenvalue weighted by molar-refractivity contribution is 6.33. The molecule has 2 aromatic carbocycles. The molecule has 0 radical (unpaired) electrons. The minimum absolute atomic E-state index is 0. The molecule has 0 aliphatic carbocycles. The monoisotopic (exact) mass is 458 g/mol. The van der Waals surface area contributed by atoms with Gasteiger partial charge >= 0.3 is 0 Å². The van der Waals surface area contributed by atoms with Gasteiger partial charge in [-0.2, -0.15) is 0 Å². The lowest BCUT2D eigenvalue weighted by Gasteiger charge is -2.34. The van der Waals surface area contributed by atoms with E-state index in [1.165, 1.54) is 0 Å². The van der Waals surface area contributed by atoms with Gasteiger partial charge in [-0.3, -0.25) is 14.5 Å². The highest BCUT2D eigenvalue weighted by atomic mass is 35.5. The fourth-order valence-corrected chi connectivity index (χ4v) is 3.14. The van der Waals surface area contributed by atoms with Crippen molar-refractivity contribution in [3.05, 3.63) is 59.6 Å². The number of benzene rings is 2. The molecule has 1 aliphatic heterocycles. The highest BCUT2D eigenvalue weighted by Crippen LogP contribution is 2.20. The molecule has 29 heavy (non-hydrogen) atoms. The van der Waals surface area contributed by atoms with Gasteiger partial charge in [-0.15, -0.1) is 24.8 Å². The predicted octanol–water partition coefficient (Wildman–Crippen LogP) is 3.38. The van der Waals surface area contributed by atoms with Crippen LogP contribution in [0.1, 0.15) is 0 Å². The molecular formula is C20H25Cl3N4O2. The molecule has 2 amide bonds. The smallest absolute Gasteiger partial charge is 0.241 e. The summed E-state index contributed by atoms with van der Waals surface area (Å²) < 4.78 is 0. The number of nitrogens with zero attached hydrogens (tertiary/aromatic N) is 2. The van der Waals surface area contributed by atoms with Crippen LogP contribution < -0.4 is 10.6 Å². The summed E-state index contributed by atoms with van der Waals surface area (Å²) in [6, 6.07) is 16.8. The molecule has 9 heteroatoms. The maximum absolute atomic E-state index is 12.3. The van der Waals surface area contributed by atoms with Crippen molar-refractivity contribution in [2.24, 2.45) is 0 Å². The summed E-state index contributed by atoms with van der Waals surface area (Å²) in [6.45, 7) is 3.15. The molecule has 158 valence electrons. The Morgan fingerprint density at radius 2 is 1.52 bits per heavy atom. The maximum atomic E-state index is 12.3. The van der Waals surface area contributed by atoms with Gasteiger partial charge in [0.25, 0.3) is 0 Å². The van der Waals surface area contributed by atoms with Crippen LogP contribution in [0.5, 0.6) is 0 Å². The standard InChI is InChI=1S/C20H23ClN4O2.2ClH/c21-17-8-4-5-9-18(17)23-19(26)15-24-10-12-25(13-11-24)20(27)14-22-16-6-2-1-3-7-16;;/h1-9,22H,10-15H2,(H,23,26);2*1H. The SMILES string of the molecule is Cl.Cl.O=C(CN1CCN(C(=O)CNc2ccccc2)CC1)Nc1ccccc1Cl. The van der Waals surface area contributed by atoms with Crippen molar-refractivity contribution in [2.45, 2.75) is 0 Å². The summed E-state index contributed by atoms with van der Waals surface area (Å²) in [4.78, 5) is 28.4. The van der Waals surface area contributed by atoms with Crippen LogP contribution in [0.4, 0.5) is 11.4 Å². The zero-order valence-electron chi connectivity index (χ0n) is 15.8. The molecule has 1 saturated heterocycles. The van der Waals surface area contributed by atoms with E-state index in [0.29, 0.717) is 36.9 Å². The van der Waals surface area contributed by atoms with Crippen molar-refractivity contribution in [1.82, 2.24) is 9.80 Å². The van der Waals surface area contributed by atoms with Crippen molar-refractivity contribution < 1.29 is 9.59 Å². The molecule has 0 aromatic heterocycles. The summed E-state index contributed by atoms with van der Waals surface area (Å²) in [5.41, 5.74) is 1.55. The number of amides is 2. The number of piperazine rings is 1. The number of nitrogens with one attached hydrogen (secondary N) is 2. The van der Waals surface area contributed by atoms with E-state index < -0.39 is 0 Å². The van der Waals surface area contributed by atoms with Gasteiger partial charge in [-0.05, 0) is 24.3 Å². The maximum Gasteiger partial charge on any atom is 0.241 e. The van der Waals surface area contributed by atoms with E-state index in [1.807, 2.05) is 52.3 Å². The minimum Gasteiger partial charge on any atom is -0.376 e. The molecule has 3 rings (SSSR count). The molecular weight excluding hydrogens is 435 g/mol. The van der Waals surface area contributed by atoms with Gasteiger partial charge in [0, 0.05) is 31.9 Å². The first-order chi connectivity index (χ1) is 13.1. The number of carbonyl (C=O) groups is 2. The Labute approximate surface area is 188 Å². The van der Waals surface area contributed by atoms with Gasteiger partial charge in [-0.1, -0.05) is 41.9 Å². The van der Waals surface area contributed by atoms with Crippen molar-refractivity contribution >= 4 is 59.6 Å². The fraction of sp³-hybridized carbons (Fsp3) is 0.300. The van der Waals surface area contributed by atoms with Crippen molar-refractivity contribution in [3.63, 3.8) is 0 Å². The van der Waals surface area contributed by atoms with E-state index in [2.05, 4.69) is 10.6 Å². The average molecular weight is 460 g/mol. The number of para-hydroxylation sites is 2. The van der Waals surface area contributed by atoms with E-state index >= 15 is 0 Å².